The van der Waals surface area contributed by atoms with Crippen molar-refractivity contribution in [1.29, 1.82) is 0 Å². The van der Waals surface area contributed by atoms with Gasteiger partial charge in [0.15, 0.2) is 5.96 Å². The van der Waals surface area contributed by atoms with Gasteiger partial charge < -0.3 is 22.1 Å². The monoisotopic (exact) mass is 418 g/mol. The maximum Gasteiger partial charge on any atom is 0.272 e. The number of guanidine groups is 2. The zero-order valence-corrected chi connectivity index (χ0v) is 17.2. The van der Waals surface area contributed by atoms with E-state index in [2.05, 4.69) is 25.1 Å². The van der Waals surface area contributed by atoms with E-state index in [0.717, 1.165) is 42.6 Å². The Labute approximate surface area is 179 Å². The summed E-state index contributed by atoms with van der Waals surface area (Å²) in [4.78, 5) is 22.8. The molecule has 160 valence electrons. The average molecular weight is 419 g/mol. The first-order valence-electron chi connectivity index (χ1n) is 10.3. The summed E-state index contributed by atoms with van der Waals surface area (Å²) in [5.41, 5.74) is 19.7. The molecule has 7 N–H and O–H groups in total. The number of aromatic nitrogens is 2. The van der Waals surface area contributed by atoms with Crippen LogP contribution in [-0.2, 0) is 0 Å². The van der Waals surface area contributed by atoms with Crippen molar-refractivity contribution in [3.63, 3.8) is 0 Å². The molecule has 3 aromatic rings. The number of fused-ring (bicyclic) bond motifs is 1. The van der Waals surface area contributed by atoms with Crippen molar-refractivity contribution in [2.24, 2.45) is 27.2 Å². The van der Waals surface area contributed by atoms with Crippen LogP contribution in [0.2, 0.25) is 0 Å². The van der Waals surface area contributed by atoms with Crippen LogP contribution in [0.25, 0.3) is 22.0 Å². The second-order valence-electron chi connectivity index (χ2n) is 7.56. The van der Waals surface area contributed by atoms with Crippen molar-refractivity contribution in [2.45, 2.75) is 25.7 Å². The van der Waals surface area contributed by atoms with Crippen molar-refractivity contribution in [2.75, 3.05) is 18.0 Å². The predicted molar refractivity (Wildman–Crippen MR) is 126 cm³/mol. The van der Waals surface area contributed by atoms with Crippen LogP contribution in [0.3, 0.4) is 0 Å². The van der Waals surface area contributed by atoms with Gasteiger partial charge in [-0.05, 0) is 31.0 Å². The largest absolute Gasteiger partial charge is 0.370 e. The SMILES string of the molecule is NC(N)=NC(N)=Nc1cc(-c2n[nH]c(=O)c3ccccc23)ccc1N1CCCCCC1. The second kappa shape index (κ2) is 8.86. The molecule has 1 aliphatic rings. The Hall–Kier alpha value is -3.88. The minimum Gasteiger partial charge on any atom is -0.370 e. The van der Waals surface area contributed by atoms with Gasteiger partial charge in [0, 0.05) is 24.0 Å². The van der Waals surface area contributed by atoms with Gasteiger partial charge in [-0.2, -0.15) is 10.1 Å². The lowest BCUT2D eigenvalue weighted by Crippen LogP contribution is -2.26. The first-order chi connectivity index (χ1) is 15.0. The van der Waals surface area contributed by atoms with Crippen molar-refractivity contribution in [3.05, 3.63) is 52.8 Å². The molecule has 1 aromatic heterocycles. The van der Waals surface area contributed by atoms with E-state index in [1.165, 1.54) is 12.8 Å². The van der Waals surface area contributed by atoms with E-state index in [0.29, 0.717) is 16.8 Å². The van der Waals surface area contributed by atoms with Crippen LogP contribution in [0, 0.1) is 0 Å². The fourth-order valence-corrected chi connectivity index (χ4v) is 3.95. The summed E-state index contributed by atoms with van der Waals surface area (Å²) in [6, 6.07) is 13.3. The molecule has 4 rings (SSSR count). The number of nitrogens with two attached hydrogens (primary N) is 3. The van der Waals surface area contributed by atoms with E-state index in [4.69, 9.17) is 17.2 Å². The average Bonchev–Trinajstić information content (AvgIpc) is 3.03. The molecule has 0 radical (unpaired) electrons. The van der Waals surface area contributed by atoms with Gasteiger partial charge >= 0.3 is 0 Å². The molecule has 0 spiro atoms. The Morgan fingerprint density at radius 3 is 2.39 bits per heavy atom. The lowest BCUT2D eigenvalue weighted by molar-refractivity contribution is 0.726. The zero-order chi connectivity index (χ0) is 21.8. The minimum atomic E-state index is -0.226. The third kappa shape index (κ3) is 4.50. The Balaban J connectivity index is 1.86. The maximum absolute atomic E-state index is 12.2. The third-order valence-electron chi connectivity index (χ3n) is 5.37. The smallest absolute Gasteiger partial charge is 0.272 e. The molecular formula is C22H26N8O. The highest BCUT2D eigenvalue weighted by Gasteiger charge is 2.16. The molecule has 0 bridgehead atoms. The van der Waals surface area contributed by atoms with Crippen molar-refractivity contribution >= 4 is 34.1 Å². The number of hydrogen-bond acceptors (Lipinski definition) is 4. The zero-order valence-electron chi connectivity index (χ0n) is 17.2. The molecule has 1 saturated heterocycles. The third-order valence-corrected chi connectivity index (χ3v) is 5.37. The number of aromatic amines is 1. The quantitative estimate of drug-likeness (QED) is 0.378. The van der Waals surface area contributed by atoms with Gasteiger partial charge in [-0.1, -0.05) is 37.1 Å². The van der Waals surface area contributed by atoms with Crippen LogP contribution < -0.4 is 27.7 Å². The van der Waals surface area contributed by atoms with Crippen molar-refractivity contribution in [1.82, 2.24) is 10.2 Å². The summed E-state index contributed by atoms with van der Waals surface area (Å²) >= 11 is 0. The second-order valence-corrected chi connectivity index (χ2v) is 7.56. The number of rotatable bonds is 3. The van der Waals surface area contributed by atoms with Gasteiger partial charge in [-0.3, -0.25) is 4.79 Å². The minimum absolute atomic E-state index is 0.0208. The number of hydrogen-bond donors (Lipinski definition) is 4. The van der Waals surface area contributed by atoms with Crippen LogP contribution >= 0.6 is 0 Å². The Kier molecular flexibility index (Phi) is 5.83. The van der Waals surface area contributed by atoms with E-state index >= 15 is 0 Å². The number of nitrogens with one attached hydrogen (secondary N) is 1. The molecule has 2 heterocycles. The number of nitrogens with zero attached hydrogens (tertiary/aromatic N) is 4. The molecule has 0 unspecified atom stereocenters. The van der Waals surface area contributed by atoms with Crippen molar-refractivity contribution in [3.8, 4) is 11.3 Å². The molecular weight excluding hydrogens is 392 g/mol. The van der Waals surface area contributed by atoms with E-state index in [9.17, 15) is 4.79 Å². The van der Waals surface area contributed by atoms with E-state index in [-0.39, 0.29) is 17.5 Å². The van der Waals surface area contributed by atoms with Crippen LogP contribution in [0.15, 0.2) is 57.2 Å². The summed E-state index contributed by atoms with van der Waals surface area (Å²) in [7, 11) is 0. The van der Waals surface area contributed by atoms with Crippen LogP contribution in [0.1, 0.15) is 25.7 Å². The van der Waals surface area contributed by atoms with Crippen LogP contribution in [-0.4, -0.2) is 35.2 Å². The topological polar surface area (TPSA) is 152 Å². The maximum atomic E-state index is 12.2. The first kappa shape index (κ1) is 20.4. The number of anilines is 1. The molecule has 1 aliphatic heterocycles. The number of aliphatic imine (C=N–C) groups is 2. The van der Waals surface area contributed by atoms with E-state index in [1.807, 2.05) is 36.4 Å². The predicted octanol–water partition coefficient (Wildman–Crippen LogP) is 2.19. The van der Waals surface area contributed by atoms with E-state index < -0.39 is 0 Å². The molecule has 9 nitrogen and oxygen atoms in total. The molecule has 9 heteroatoms. The standard InChI is InChI=1S/C22H26N8O/c23-21(24)27-22(25)26-17-13-14(9-10-18(17)30-11-5-1-2-6-12-30)19-15-7-3-4-8-16(15)20(31)29-28-19/h3-4,7-10,13H,1-2,5-6,11-12H2,(H,29,31)(H6,23,24,25,26,27). The lowest BCUT2D eigenvalue weighted by atomic mass is 10.0. The Morgan fingerprint density at radius 2 is 1.68 bits per heavy atom. The molecule has 1 fully saturated rings. The molecule has 0 aliphatic carbocycles. The molecule has 2 aromatic carbocycles. The van der Waals surface area contributed by atoms with Gasteiger partial charge in [-0.25, -0.2) is 10.1 Å². The highest BCUT2D eigenvalue weighted by atomic mass is 16.1. The molecule has 0 saturated carbocycles. The van der Waals surface area contributed by atoms with E-state index in [1.54, 1.807) is 6.07 Å². The lowest BCUT2D eigenvalue weighted by Gasteiger charge is -2.24. The summed E-state index contributed by atoms with van der Waals surface area (Å²) in [6.07, 6.45) is 4.69. The molecule has 0 atom stereocenters. The molecule has 31 heavy (non-hydrogen) atoms. The fourth-order valence-electron chi connectivity index (χ4n) is 3.95. The molecule has 0 amide bonds. The Morgan fingerprint density at radius 1 is 0.968 bits per heavy atom. The van der Waals surface area contributed by atoms with Crippen molar-refractivity contribution < 1.29 is 0 Å². The number of benzene rings is 2. The van der Waals surface area contributed by atoms with Gasteiger partial charge in [-0.15, -0.1) is 0 Å². The van der Waals surface area contributed by atoms with Gasteiger partial charge in [0.25, 0.3) is 5.56 Å². The normalized spacial score (nSPS) is 15.0. The van der Waals surface area contributed by atoms with Gasteiger partial charge in [0.2, 0.25) is 5.96 Å². The summed E-state index contributed by atoms with van der Waals surface area (Å²) < 4.78 is 0. The highest BCUT2D eigenvalue weighted by Crippen LogP contribution is 2.35. The van der Waals surface area contributed by atoms with Crippen LogP contribution in [0.4, 0.5) is 11.4 Å². The highest BCUT2D eigenvalue weighted by molar-refractivity contribution is 5.97. The first-order valence-corrected chi connectivity index (χ1v) is 10.3. The van der Waals surface area contributed by atoms with Gasteiger partial charge in [0.05, 0.1) is 22.5 Å². The van der Waals surface area contributed by atoms with Crippen LogP contribution in [0.5, 0.6) is 0 Å². The summed E-state index contributed by atoms with van der Waals surface area (Å²) in [5, 5.41) is 8.23. The fraction of sp³-hybridized carbons (Fsp3) is 0.273. The summed E-state index contributed by atoms with van der Waals surface area (Å²) in [5.74, 6) is -0.172. The number of H-pyrrole nitrogens is 1. The van der Waals surface area contributed by atoms with Gasteiger partial charge in [0.1, 0.15) is 0 Å². The summed E-state index contributed by atoms with van der Waals surface area (Å²) in [6.45, 7) is 1.90. The Bertz CT molecular complexity index is 1200.